The summed E-state index contributed by atoms with van der Waals surface area (Å²) in [7, 11) is -3.38. The van der Waals surface area contributed by atoms with Crippen LogP contribution in [0, 0.1) is 0 Å². The summed E-state index contributed by atoms with van der Waals surface area (Å²) >= 11 is 0. The van der Waals surface area contributed by atoms with Gasteiger partial charge in [-0.3, -0.25) is 0 Å². The van der Waals surface area contributed by atoms with Gasteiger partial charge in [-0.2, -0.15) is 8.42 Å². The van der Waals surface area contributed by atoms with E-state index in [1.807, 2.05) is 19.1 Å². The van der Waals surface area contributed by atoms with Crippen LogP contribution in [-0.2, 0) is 14.3 Å². The largest absolute Gasteiger partial charge is 0.388 e. The van der Waals surface area contributed by atoms with Crippen molar-refractivity contribution in [3.63, 3.8) is 0 Å². The van der Waals surface area contributed by atoms with E-state index < -0.39 is 10.1 Å². The number of hydrogen-bond donors (Lipinski definition) is 0. The van der Waals surface area contributed by atoms with Crippen LogP contribution in [-0.4, -0.2) is 14.7 Å². The van der Waals surface area contributed by atoms with E-state index in [9.17, 15) is 8.42 Å². The zero-order chi connectivity index (χ0) is 9.61. The Morgan fingerprint density at radius 1 is 1.58 bits per heavy atom. The highest BCUT2D eigenvalue weighted by Gasteiger charge is 2.03. The summed E-state index contributed by atoms with van der Waals surface area (Å²) in [5.74, 6) is 0.288. The lowest BCUT2D eigenvalue weighted by molar-refractivity contribution is 0.398. The highest BCUT2D eigenvalue weighted by Crippen LogP contribution is 2.07. The Kier molecular flexibility index (Phi) is 4.66. The van der Waals surface area contributed by atoms with Crippen molar-refractivity contribution in [1.82, 2.24) is 0 Å². The zero-order valence-electron chi connectivity index (χ0n) is 7.41. The molecule has 0 aliphatic rings. The van der Waals surface area contributed by atoms with Gasteiger partial charge in [0.2, 0.25) is 0 Å². The highest BCUT2D eigenvalue weighted by molar-refractivity contribution is 7.86. The second kappa shape index (κ2) is 4.98. The van der Waals surface area contributed by atoms with E-state index in [1.54, 1.807) is 0 Å². The molecular formula is C8H14O3S. The molecule has 0 fully saturated rings. The van der Waals surface area contributed by atoms with Crippen molar-refractivity contribution in [2.75, 3.05) is 6.26 Å². The third-order valence-electron chi connectivity index (χ3n) is 1.09. The van der Waals surface area contributed by atoms with Crippen LogP contribution >= 0.6 is 0 Å². The first kappa shape index (κ1) is 11.2. The van der Waals surface area contributed by atoms with Crippen molar-refractivity contribution in [2.45, 2.75) is 19.8 Å². The van der Waals surface area contributed by atoms with Crippen LogP contribution in [0.15, 0.2) is 24.5 Å². The van der Waals surface area contributed by atoms with E-state index >= 15 is 0 Å². The third kappa shape index (κ3) is 7.34. The van der Waals surface area contributed by atoms with Crippen molar-refractivity contribution in [3.8, 4) is 0 Å². The average molecular weight is 190 g/mol. The molecule has 0 aliphatic heterocycles. The fraction of sp³-hybridized carbons (Fsp3) is 0.500. The topological polar surface area (TPSA) is 43.4 Å². The van der Waals surface area contributed by atoms with Gasteiger partial charge in [0.05, 0.1) is 6.26 Å². The fourth-order valence-electron chi connectivity index (χ4n) is 0.667. The first-order valence-corrected chi connectivity index (χ1v) is 5.45. The van der Waals surface area contributed by atoms with Gasteiger partial charge in [0.1, 0.15) is 5.76 Å². The number of rotatable bonds is 5. The zero-order valence-corrected chi connectivity index (χ0v) is 8.23. The molecule has 0 atom stereocenters. The molecule has 0 aliphatic carbocycles. The molecule has 0 aromatic carbocycles. The van der Waals surface area contributed by atoms with Crippen LogP contribution in [0.2, 0.25) is 0 Å². The Hall–Kier alpha value is -0.770. The molecule has 0 spiro atoms. The normalized spacial score (nSPS) is 11.8. The van der Waals surface area contributed by atoms with Crippen LogP contribution < -0.4 is 0 Å². The van der Waals surface area contributed by atoms with Crippen molar-refractivity contribution < 1.29 is 12.6 Å². The third-order valence-corrected chi connectivity index (χ3v) is 1.63. The minimum Gasteiger partial charge on any atom is -0.388 e. The second-order valence-electron chi connectivity index (χ2n) is 2.43. The van der Waals surface area contributed by atoms with Gasteiger partial charge in [-0.05, 0) is 13.3 Å². The maximum atomic E-state index is 10.6. The maximum Gasteiger partial charge on any atom is 0.305 e. The van der Waals surface area contributed by atoms with Gasteiger partial charge in [0.25, 0.3) is 0 Å². The number of hydrogen-bond acceptors (Lipinski definition) is 3. The Balaban J connectivity index is 3.76. The van der Waals surface area contributed by atoms with Gasteiger partial charge in [-0.1, -0.05) is 18.7 Å². The highest BCUT2D eigenvalue weighted by atomic mass is 32.2. The Labute approximate surface area is 73.9 Å². The predicted molar refractivity (Wildman–Crippen MR) is 49.1 cm³/mol. The average Bonchev–Trinajstić information content (AvgIpc) is 1.84. The SMILES string of the molecule is C=C(CCC=CC)OS(C)(=O)=O. The lowest BCUT2D eigenvalue weighted by atomic mass is 10.3. The molecular weight excluding hydrogens is 176 g/mol. The summed E-state index contributed by atoms with van der Waals surface area (Å²) in [6.45, 7) is 5.38. The van der Waals surface area contributed by atoms with E-state index in [0.29, 0.717) is 6.42 Å². The molecule has 0 amide bonds. The van der Waals surface area contributed by atoms with Crippen molar-refractivity contribution in [1.29, 1.82) is 0 Å². The summed E-state index contributed by atoms with van der Waals surface area (Å²) in [6.07, 6.45) is 6.13. The lowest BCUT2D eigenvalue weighted by Crippen LogP contribution is -2.01. The van der Waals surface area contributed by atoms with E-state index in [0.717, 1.165) is 12.7 Å². The molecule has 0 N–H and O–H groups in total. The smallest absolute Gasteiger partial charge is 0.305 e. The fourth-order valence-corrected chi connectivity index (χ4v) is 1.18. The van der Waals surface area contributed by atoms with E-state index in [2.05, 4.69) is 10.8 Å². The summed E-state index contributed by atoms with van der Waals surface area (Å²) < 4.78 is 25.7. The van der Waals surface area contributed by atoms with E-state index in [-0.39, 0.29) is 5.76 Å². The van der Waals surface area contributed by atoms with Crippen LogP contribution in [0.25, 0.3) is 0 Å². The first-order chi connectivity index (χ1) is 5.45. The molecule has 0 radical (unpaired) electrons. The van der Waals surface area contributed by atoms with E-state index in [4.69, 9.17) is 0 Å². The first-order valence-electron chi connectivity index (χ1n) is 3.64. The second-order valence-corrected chi connectivity index (χ2v) is 4.01. The number of allylic oxidation sites excluding steroid dienone is 3. The van der Waals surface area contributed by atoms with Crippen LogP contribution in [0.3, 0.4) is 0 Å². The monoisotopic (exact) mass is 190 g/mol. The van der Waals surface area contributed by atoms with Gasteiger partial charge in [-0.25, -0.2) is 0 Å². The summed E-state index contributed by atoms with van der Waals surface area (Å²) in [4.78, 5) is 0. The van der Waals surface area contributed by atoms with E-state index in [1.165, 1.54) is 0 Å². The maximum absolute atomic E-state index is 10.6. The molecule has 0 rings (SSSR count). The van der Waals surface area contributed by atoms with Gasteiger partial charge >= 0.3 is 10.1 Å². The Morgan fingerprint density at radius 2 is 2.17 bits per heavy atom. The lowest BCUT2D eigenvalue weighted by Gasteiger charge is -2.03. The van der Waals surface area contributed by atoms with Gasteiger partial charge in [-0.15, -0.1) is 0 Å². The standard InChI is InChI=1S/C8H14O3S/c1-4-5-6-7-8(2)11-12(3,9)10/h4-5H,2,6-7H2,1,3H3. The summed E-state index contributed by atoms with van der Waals surface area (Å²) in [6, 6.07) is 0. The van der Waals surface area contributed by atoms with Gasteiger partial charge in [0.15, 0.2) is 0 Å². The minimum atomic E-state index is -3.38. The quantitative estimate of drug-likeness (QED) is 0.377. The van der Waals surface area contributed by atoms with Gasteiger partial charge in [0, 0.05) is 6.42 Å². The molecule has 4 heteroatoms. The summed E-state index contributed by atoms with van der Waals surface area (Å²) in [5, 5.41) is 0. The molecule has 0 aromatic heterocycles. The predicted octanol–water partition coefficient (Wildman–Crippen LogP) is 1.83. The van der Waals surface area contributed by atoms with Gasteiger partial charge < -0.3 is 4.18 Å². The van der Waals surface area contributed by atoms with Crippen molar-refractivity contribution in [3.05, 3.63) is 24.5 Å². The Bertz CT molecular complexity index is 262. The summed E-state index contributed by atoms with van der Waals surface area (Å²) in [5.41, 5.74) is 0. The molecule has 0 unspecified atom stereocenters. The molecule has 0 bridgehead atoms. The van der Waals surface area contributed by atoms with Crippen LogP contribution in [0.4, 0.5) is 0 Å². The van der Waals surface area contributed by atoms with Crippen molar-refractivity contribution in [2.24, 2.45) is 0 Å². The molecule has 0 aromatic rings. The van der Waals surface area contributed by atoms with Crippen LogP contribution in [0.1, 0.15) is 19.8 Å². The molecule has 70 valence electrons. The minimum absolute atomic E-state index is 0.288. The van der Waals surface area contributed by atoms with Crippen LogP contribution in [0.5, 0.6) is 0 Å². The molecule has 12 heavy (non-hydrogen) atoms. The molecule has 3 nitrogen and oxygen atoms in total. The van der Waals surface area contributed by atoms with Crippen molar-refractivity contribution >= 4 is 10.1 Å². The molecule has 0 saturated heterocycles. The molecule has 0 saturated carbocycles. The Morgan fingerprint density at radius 3 is 2.58 bits per heavy atom. The molecule has 0 heterocycles.